The summed E-state index contributed by atoms with van der Waals surface area (Å²) in [5.41, 5.74) is 5.56. The number of aromatic nitrogens is 1. The Bertz CT molecular complexity index is 523. The maximum atomic E-state index is 11.9. The Morgan fingerprint density at radius 3 is 2.86 bits per heavy atom. The van der Waals surface area contributed by atoms with Crippen molar-refractivity contribution in [3.05, 3.63) is 24.4 Å². The Kier molecular flexibility index (Phi) is 5.32. The Labute approximate surface area is 130 Å². The van der Waals surface area contributed by atoms with Gasteiger partial charge in [-0.3, -0.25) is 9.59 Å². The lowest BCUT2D eigenvalue weighted by atomic mass is 9.95. The number of ether oxygens (including phenoxy) is 1. The molecule has 1 aliphatic heterocycles. The van der Waals surface area contributed by atoms with Crippen LogP contribution >= 0.6 is 0 Å². The number of piperidine rings is 1. The van der Waals surface area contributed by atoms with E-state index >= 15 is 0 Å². The van der Waals surface area contributed by atoms with Gasteiger partial charge >= 0.3 is 0 Å². The van der Waals surface area contributed by atoms with Crippen molar-refractivity contribution in [2.24, 2.45) is 5.73 Å². The van der Waals surface area contributed by atoms with Gasteiger partial charge in [0.15, 0.2) is 0 Å². The molecule has 0 bridgehead atoms. The molecule has 2 amide bonds. The van der Waals surface area contributed by atoms with Gasteiger partial charge in [-0.2, -0.15) is 0 Å². The predicted molar refractivity (Wildman–Crippen MR) is 82.2 cm³/mol. The summed E-state index contributed by atoms with van der Waals surface area (Å²) in [6.07, 6.45) is 2.94. The average Bonchev–Trinajstić information content (AvgIpc) is 2.54. The molecule has 0 radical (unpaired) electrons. The van der Waals surface area contributed by atoms with Crippen LogP contribution in [0.1, 0.15) is 12.8 Å². The molecular weight excluding hydrogens is 284 g/mol. The molecule has 7 nitrogen and oxygen atoms in total. The highest BCUT2D eigenvalue weighted by Gasteiger charge is 2.35. The van der Waals surface area contributed by atoms with E-state index in [0.717, 1.165) is 12.2 Å². The van der Waals surface area contributed by atoms with Gasteiger partial charge < -0.3 is 20.3 Å². The summed E-state index contributed by atoms with van der Waals surface area (Å²) in [4.78, 5) is 31.6. The van der Waals surface area contributed by atoms with E-state index in [1.165, 1.54) is 7.11 Å². The van der Waals surface area contributed by atoms with Gasteiger partial charge in [0.05, 0.1) is 0 Å². The van der Waals surface area contributed by atoms with Crippen molar-refractivity contribution in [2.45, 2.75) is 24.9 Å². The molecular formula is C15H22N4O3. The minimum absolute atomic E-state index is 0.0277. The molecule has 2 atom stereocenters. The molecule has 2 N–H and O–H groups in total. The number of nitrogens with zero attached hydrogens (tertiary/aromatic N) is 3. The van der Waals surface area contributed by atoms with Crippen LogP contribution < -0.4 is 10.6 Å². The molecule has 0 saturated carbocycles. The van der Waals surface area contributed by atoms with Crippen LogP contribution in [0.5, 0.6) is 0 Å². The number of primary amides is 1. The number of rotatable bonds is 5. The van der Waals surface area contributed by atoms with E-state index in [1.807, 2.05) is 23.1 Å². The molecule has 2 heterocycles. The lowest BCUT2D eigenvalue weighted by Gasteiger charge is -2.41. The summed E-state index contributed by atoms with van der Waals surface area (Å²) in [6.45, 7) is 0.665. The van der Waals surface area contributed by atoms with Gasteiger partial charge in [0.25, 0.3) is 0 Å². The van der Waals surface area contributed by atoms with Gasteiger partial charge in [-0.05, 0) is 25.0 Å². The lowest BCUT2D eigenvalue weighted by Crippen LogP contribution is -2.55. The quantitative estimate of drug-likeness (QED) is 0.828. The summed E-state index contributed by atoms with van der Waals surface area (Å²) in [6, 6.07) is 5.07. The van der Waals surface area contributed by atoms with Gasteiger partial charge in [-0.15, -0.1) is 0 Å². The maximum Gasteiger partial charge on any atom is 0.248 e. The molecule has 120 valence electrons. The number of carbonyl (C=O) groups excluding carboxylic acids is 2. The Morgan fingerprint density at radius 1 is 1.50 bits per heavy atom. The molecule has 22 heavy (non-hydrogen) atoms. The maximum absolute atomic E-state index is 11.9. The standard InChI is InChI=1S/C15H22N4O3/c1-18(14(20)10-22-2)11-6-8-19(12(9-11)15(16)21)13-5-3-4-7-17-13/h3-5,7,11-12H,6,8-10H2,1-2H3,(H2,16,21). The number of anilines is 1. The van der Waals surface area contributed by atoms with Crippen LogP contribution in [-0.4, -0.2) is 61.1 Å². The van der Waals surface area contributed by atoms with Crippen molar-refractivity contribution in [2.75, 3.05) is 32.2 Å². The largest absolute Gasteiger partial charge is 0.375 e. The van der Waals surface area contributed by atoms with Gasteiger partial charge in [0, 0.05) is 32.9 Å². The van der Waals surface area contributed by atoms with E-state index in [4.69, 9.17) is 10.5 Å². The second-order valence-electron chi connectivity index (χ2n) is 5.42. The Balaban J connectivity index is 2.11. The van der Waals surface area contributed by atoms with E-state index in [1.54, 1.807) is 18.1 Å². The van der Waals surface area contributed by atoms with Crippen LogP contribution in [0.4, 0.5) is 5.82 Å². The van der Waals surface area contributed by atoms with Crippen molar-refractivity contribution < 1.29 is 14.3 Å². The fourth-order valence-electron chi connectivity index (χ4n) is 2.80. The van der Waals surface area contributed by atoms with Crippen LogP contribution in [-0.2, 0) is 14.3 Å². The van der Waals surface area contributed by atoms with Crippen LogP contribution in [0.25, 0.3) is 0 Å². The third-order valence-electron chi connectivity index (χ3n) is 4.06. The molecule has 1 aliphatic rings. The third-order valence-corrected chi connectivity index (χ3v) is 4.06. The van der Waals surface area contributed by atoms with E-state index in [2.05, 4.69) is 4.98 Å². The molecule has 0 aliphatic carbocycles. The van der Waals surface area contributed by atoms with E-state index < -0.39 is 11.9 Å². The zero-order valence-corrected chi connectivity index (χ0v) is 12.9. The summed E-state index contributed by atoms with van der Waals surface area (Å²) in [5, 5.41) is 0. The van der Waals surface area contributed by atoms with Crippen LogP contribution in [0.2, 0.25) is 0 Å². The van der Waals surface area contributed by atoms with Crippen molar-refractivity contribution in [1.29, 1.82) is 0 Å². The first-order chi connectivity index (χ1) is 10.5. The second-order valence-corrected chi connectivity index (χ2v) is 5.42. The number of likely N-dealkylation sites (N-methyl/N-ethyl adjacent to an activating group) is 1. The molecule has 1 aromatic rings. The number of carbonyl (C=O) groups is 2. The molecule has 1 saturated heterocycles. The van der Waals surface area contributed by atoms with Crippen LogP contribution in [0.3, 0.4) is 0 Å². The summed E-state index contributed by atoms with van der Waals surface area (Å²) in [7, 11) is 3.22. The van der Waals surface area contributed by atoms with Gasteiger partial charge in [-0.25, -0.2) is 4.98 Å². The summed E-state index contributed by atoms with van der Waals surface area (Å²) in [5.74, 6) is 0.237. The SMILES string of the molecule is COCC(=O)N(C)C1CCN(c2ccccn2)C(C(N)=O)C1. The molecule has 1 aromatic heterocycles. The first-order valence-electron chi connectivity index (χ1n) is 7.26. The molecule has 1 fully saturated rings. The van der Waals surface area contributed by atoms with Crippen LogP contribution in [0, 0.1) is 0 Å². The van der Waals surface area contributed by atoms with E-state index in [9.17, 15) is 9.59 Å². The molecule has 7 heteroatoms. The van der Waals surface area contributed by atoms with E-state index in [-0.39, 0.29) is 18.6 Å². The number of hydrogen-bond acceptors (Lipinski definition) is 5. The number of methoxy groups -OCH3 is 1. The normalized spacial score (nSPS) is 21.5. The highest BCUT2D eigenvalue weighted by molar-refractivity contribution is 5.84. The van der Waals surface area contributed by atoms with Crippen LogP contribution in [0.15, 0.2) is 24.4 Å². The summed E-state index contributed by atoms with van der Waals surface area (Å²) < 4.78 is 4.88. The Hall–Kier alpha value is -2.15. The minimum Gasteiger partial charge on any atom is -0.375 e. The molecule has 0 aromatic carbocycles. The third kappa shape index (κ3) is 3.54. The fraction of sp³-hybridized carbons (Fsp3) is 0.533. The number of pyridine rings is 1. The first-order valence-corrected chi connectivity index (χ1v) is 7.26. The van der Waals surface area contributed by atoms with Crippen molar-refractivity contribution in [3.8, 4) is 0 Å². The highest BCUT2D eigenvalue weighted by atomic mass is 16.5. The van der Waals surface area contributed by atoms with Gasteiger partial charge in [0.1, 0.15) is 18.5 Å². The van der Waals surface area contributed by atoms with Gasteiger partial charge in [-0.1, -0.05) is 6.07 Å². The second kappa shape index (κ2) is 7.22. The van der Waals surface area contributed by atoms with Crippen molar-refractivity contribution in [1.82, 2.24) is 9.88 Å². The first kappa shape index (κ1) is 16.2. The number of amides is 2. The molecule has 2 rings (SSSR count). The zero-order valence-electron chi connectivity index (χ0n) is 12.9. The predicted octanol–water partition coefficient (Wildman–Crippen LogP) is 0.00910. The minimum atomic E-state index is -0.466. The topological polar surface area (TPSA) is 88.8 Å². The summed E-state index contributed by atoms with van der Waals surface area (Å²) >= 11 is 0. The fourth-order valence-corrected chi connectivity index (χ4v) is 2.80. The molecule has 2 unspecified atom stereocenters. The highest BCUT2D eigenvalue weighted by Crippen LogP contribution is 2.25. The molecule has 0 spiro atoms. The number of hydrogen-bond donors (Lipinski definition) is 1. The number of nitrogens with two attached hydrogens (primary N) is 1. The van der Waals surface area contributed by atoms with Gasteiger partial charge in [0.2, 0.25) is 11.8 Å². The average molecular weight is 306 g/mol. The van der Waals surface area contributed by atoms with Crippen molar-refractivity contribution >= 4 is 17.6 Å². The zero-order chi connectivity index (χ0) is 16.1. The smallest absolute Gasteiger partial charge is 0.248 e. The monoisotopic (exact) mass is 306 g/mol. The Morgan fingerprint density at radius 2 is 2.27 bits per heavy atom. The van der Waals surface area contributed by atoms with Crippen molar-refractivity contribution in [3.63, 3.8) is 0 Å². The lowest BCUT2D eigenvalue weighted by molar-refractivity contribution is -0.137. The van der Waals surface area contributed by atoms with E-state index in [0.29, 0.717) is 13.0 Å².